The number of halogens is 4. The molecule has 3 aromatic rings. The Morgan fingerprint density at radius 3 is 2.07 bits per heavy atom. The molecule has 0 spiro atoms. The van der Waals surface area contributed by atoms with Gasteiger partial charge < -0.3 is 4.90 Å². The second-order valence-electron chi connectivity index (χ2n) is 6.65. The highest BCUT2D eigenvalue weighted by molar-refractivity contribution is 9.10. The molecule has 1 heterocycles. The van der Waals surface area contributed by atoms with E-state index in [0.717, 1.165) is 22.2 Å². The van der Waals surface area contributed by atoms with Crippen LogP contribution in [-0.4, -0.2) is 11.7 Å². The van der Waals surface area contributed by atoms with Crippen molar-refractivity contribution < 1.29 is 22.8 Å². The summed E-state index contributed by atoms with van der Waals surface area (Å²) in [4.78, 5) is 26.4. The van der Waals surface area contributed by atoms with Crippen molar-refractivity contribution in [3.8, 4) is 11.1 Å². The van der Waals surface area contributed by atoms with E-state index in [1.165, 1.54) is 17.0 Å². The second kappa shape index (κ2) is 7.15. The zero-order chi connectivity index (χ0) is 20.8. The first kappa shape index (κ1) is 19.4. The molecule has 0 aromatic heterocycles. The van der Waals surface area contributed by atoms with E-state index in [4.69, 9.17) is 0 Å². The number of rotatable bonds is 3. The molecule has 29 heavy (non-hydrogen) atoms. The Hall–Kier alpha value is -2.93. The molecule has 1 amide bonds. The van der Waals surface area contributed by atoms with Crippen LogP contribution in [0.4, 0.5) is 18.9 Å². The van der Waals surface area contributed by atoms with Gasteiger partial charge in [0.05, 0.1) is 23.4 Å². The molecule has 1 aliphatic rings. The van der Waals surface area contributed by atoms with E-state index in [1.807, 2.05) is 24.3 Å². The molecule has 4 rings (SSSR count). The van der Waals surface area contributed by atoms with Crippen LogP contribution in [0.2, 0.25) is 0 Å². The maximum absolute atomic E-state index is 12.8. The number of benzene rings is 3. The van der Waals surface area contributed by atoms with Crippen LogP contribution in [0.15, 0.2) is 71.2 Å². The molecule has 0 atom stereocenters. The Morgan fingerprint density at radius 1 is 0.828 bits per heavy atom. The van der Waals surface area contributed by atoms with Gasteiger partial charge in [0.2, 0.25) is 0 Å². The predicted molar refractivity (Wildman–Crippen MR) is 107 cm³/mol. The van der Waals surface area contributed by atoms with Crippen LogP contribution in [0.5, 0.6) is 0 Å². The summed E-state index contributed by atoms with van der Waals surface area (Å²) in [7, 11) is 0. The van der Waals surface area contributed by atoms with Crippen molar-refractivity contribution >= 4 is 33.3 Å². The van der Waals surface area contributed by atoms with Gasteiger partial charge >= 0.3 is 6.18 Å². The molecule has 7 heteroatoms. The molecule has 146 valence electrons. The normalized spacial score (nSPS) is 13.7. The van der Waals surface area contributed by atoms with Crippen molar-refractivity contribution in [3.05, 3.63) is 87.9 Å². The molecule has 3 aromatic carbocycles. The molecule has 0 saturated carbocycles. The summed E-state index contributed by atoms with van der Waals surface area (Å²) >= 11 is 3.35. The first-order chi connectivity index (χ1) is 13.7. The van der Waals surface area contributed by atoms with Crippen LogP contribution in [-0.2, 0) is 17.5 Å². The molecular formula is C22H13BrF3NO2. The number of ketones is 1. The van der Waals surface area contributed by atoms with Gasteiger partial charge in [0.25, 0.3) is 11.7 Å². The summed E-state index contributed by atoms with van der Waals surface area (Å²) in [5.41, 5.74) is 1.99. The third-order valence-electron chi connectivity index (χ3n) is 4.77. The molecule has 0 unspecified atom stereocenters. The largest absolute Gasteiger partial charge is 0.416 e. The number of anilines is 1. The van der Waals surface area contributed by atoms with Gasteiger partial charge in [0.1, 0.15) is 0 Å². The topological polar surface area (TPSA) is 37.4 Å². The lowest BCUT2D eigenvalue weighted by Crippen LogP contribution is -2.29. The van der Waals surface area contributed by atoms with Crippen LogP contribution in [0.3, 0.4) is 0 Å². The Morgan fingerprint density at radius 2 is 1.45 bits per heavy atom. The third kappa shape index (κ3) is 3.70. The monoisotopic (exact) mass is 459 g/mol. The molecule has 0 radical (unpaired) electrons. The highest BCUT2D eigenvalue weighted by atomic mass is 79.9. The SMILES string of the molecule is O=C1C(=O)N(Cc2ccc(Br)cc2)c2ccc(-c3ccc(C(F)(F)F)cc3)cc21. The maximum Gasteiger partial charge on any atom is 0.416 e. The number of fused-ring (bicyclic) bond motifs is 1. The molecule has 0 fully saturated rings. The number of hydrogen-bond acceptors (Lipinski definition) is 2. The molecule has 0 bridgehead atoms. The number of alkyl halides is 3. The van der Waals surface area contributed by atoms with E-state index in [0.29, 0.717) is 16.8 Å². The summed E-state index contributed by atoms with van der Waals surface area (Å²) < 4.78 is 39.2. The van der Waals surface area contributed by atoms with Crippen molar-refractivity contribution in [2.45, 2.75) is 12.7 Å². The minimum absolute atomic E-state index is 0.254. The smallest absolute Gasteiger partial charge is 0.300 e. The third-order valence-corrected chi connectivity index (χ3v) is 5.30. The van der Waals surface area contributed by atoms with E-state index in [2.05, 4.69) is 15.9 Å². The molecule has 0 aliphatic carbocycles. The van der Waals surface area contributed by atoms with Crippen molar-refractivity contribution in [1.29, 1.82) is 0 Å². The van der Waals surface area contributed by atoms with Crippen LogP contribution < -0.4 is 4.90 Å². The minimum Gasteiger partial charge on any atom is -0.300 e. The number of Topliss-reactive ketones (excluding diaryl/α,β-unsaturated/α-hetero) is 1. The van der Waals surface area contributed by atoms with Gasteiger partial charge in [-0.2, -0.15) is 13.2 Å². The Kier molecular flexibility index (Phi) is 4.78. The van der Waals surface area contributed by atoms with Gasteiger partial charge in [-0.15, -0.1) is 0 Å². The molecule has 0 N–H and O–H groups in total. The van der Waals surface area contributed by atoms with Gasteiger partial charge in [0, 0.05) is 4.47 Å². The van der Waals surface area contributed by atoms with Gasteiger partial charge in [-0.05, 0) is 53.1 Å². The highest BCUT2D eigenvalue weighted by Crippen LogP contribution is 2.35. The average molecular weight is 460 g/mol. The van der Waals surface area contributed by atoms with Crippen LogP contribution in [0.1, 0.15) is 21.5 Å². The van der Waals surface area contributed by atoms with E-state index in [-0.39, 0.29) is 12.1 Å². The molecule has 1 aliphatic heterocycles. The van der Waals surface area contributed by atoms with Crippen molar-refractivity contribution in [2.24, 2.45) is 0 Å². The van der Waals surface area contributed by atoms with Gasteiger partial charge in [0.15, 0.2) is 0 Å². The fourth-order valence-corrected chi connectivity index (χ4v) is 3.53. The minimum atomic E-state index is -4.41. The zero-order valence-electron chi connectivity index (χ0n) is 14.8. The first-order valence-corrected chi connectivity index (χ1v) is 9.45. The maximum atomic E-state index is 12.8. The molecule has 3 nitrogen and oxygen atoms in total. The molecule has 0 saturated heterocycles. The summed E-state index contributed by atoms with van der Waals surface area (Å²) in [6, 6.07) is 17.0. The lowest BCUT2D eigenvalue weighted by Gasteiger charge is -2.17. The van der Waals surface area contributed by atoms with Gasteiger partial charge in [-0.1, -0.05) is 46.3 Å². The lowest BCUT2D eigenvalue weighted by molar-refractivity contribution is -0.137. The van der Waals surface area contributed by atoms with Crippen molar-refractivity contribution in [1.82, 2.24) is 0 Å². The number of hydrogen-bond donors (Lipinski definition) is 0. The average Bonchev–Trinajstić information content (AvgIpc) is 2.93. The predicted octanol–water partition coefficient (Wildman–Crippen LogP) is 5.86. The summed E-state index contributed by atoms with van der Waals surface area (Å²) in [5.74, 6) is -1.24. The van der Waals surface area contributed by atoms with E-state index in [9.17, 15) is 22.8 Å². The van der Waals surface area contributed by atoms with E-state index >= 15 is 0 Å². The summed E-state index contributed by atoms with van der Waals surface area (Å²) in [6.45, 7) is 0.254. The van der Waals surface area contributed by atoms with Crippen LogP contribution in [0, 0.1) is 0 Å². The summed E-state index contributed by atoms with van der Waals surface area (Å²) in [5, 5.41) is 0. The lowest BCUT2D eigenvalue weighted by atomic mass is 10.00. The van der Waals surface area contributed by atoms with Crippen LogP contribution in [0.25, 0.3) is 11.1 Å². The molecular weight excluding hydrogens is 447 g/mol. The standard InChI is InChI=1S/C22H13BrF3NO2/c23-17-8-1-13(2-9-17)12-27-19-10-5-15(11-18(19)20(28)21(27)29)14-3-6-16(7-4-14)22(24,25)26/h1-11H,12H2. The highest BCUT2D eigenvalue weighted by Gasteiger charge is 2.36. The Labute approximate surface area is 172 Å². The fraction of sp³-hybridized carbons (Fsp3) is 0.0909. The number of carbonyl (C=O) groups is 2. The van der Waals surface area contributed by atoms with Gasteiger partial charge in [-0.25, -0.2) is 0 Å². The van der Waals surface area contributed by atoms with Crippen LogP contribution >= 0.6 is 15.9 Å². The Bertz CT molecular complexity index is 1110. The van der Waals surface area contributed by atoms with Crippen molar-refractivity contribution in [2.75, 3.05) is 4.90 Å². The van der Waals surface area contributed by atoms with Crippen molar-refractivity contribution in [3.63, 3.8) is 0 Å². The zero-order valence-corrected chi connectivity index (χ0v) is 16.4. The Balaban J connectivity index is 1.65. The van der Waals surface area contributed by atoms with E-state index in [1.54, 1.807) is 18.2 Å². The quantitative estimate of drug-likeness (QED) is 0.459. The van der Waals surface area contributed by atoms with Gasteiger partial charge in [-0.3, -0.25) is 9.59 Å². The first-order valence-electron chi connectivity index (χ1n) is 8.66. The number of nitrogens with zero attached hydrogens (tertiary/aromatic N) is 1. The number of amides is 1. The fourth-order valence-electron chi connectivity index (χ4n) is 3.26. The summed E-state index contributed by atoms with van der Waals surface area (Å²) in [6.07, 6.45) is -4.41. The van der Waals surface area contributed by atoms with E-state index < -0.39 is 23.4 Å². The number of carbonyl (C=O) groups excluding carboxylic acids is 2. The second-order valence-corrected chi connectivity index (χ2v) is 7.57.